The van der Waals surface area contributed by atoms with E-state index in [-0.39, 0.29) is 23.8 Å². The second-order valence-electron chi connectivity index (χ2n) is 5.10. The normalized spacial score (nSPS) is 10.6. The van der Waals surface area contributed by atoms with Gasteiger partial charge in [-0.1, -0.05) is 30.3 Å². The molecular formula is C16H15N5O3S. The van der Waals surface area contributed by atoms with Gasteiger partial charge in [-0.15, -0.1) is 16.4 Å². The van der Waals surface area contributed by atoms with Crippen molar-refractivity contribution in [3.05, 3.63) is 57.8 Å². The molecule has 3 aromatic rings. The van der Waals surface area contributed by atoms with Crippen LogP contribution in [0.2, 0.25) is 0 Å². The van der Waals surface area contributed by atoms with E-state index in [1.165, 1.54) is 16.7 Å². The molecule has 0 aliphatic carbocycles. The van der Waals surface area contributed by atoms with Crippen LogP contribution in [0.15, 0.2) is 35.7 Å². The fourth-order valence-corrected chi connectivity index (χ4v) is 3.01. The lowest BCUT2D eigenvalue weighted by molar-refractivity contribution is 0.0691. The van der Waals surface area contributed by atoms with Crippen LogP contribution in [0.4, 0.5) is 0 Å². The molecule has 0 bridgehead atoms. The van der Waals surface area contributed by atoms with E-state index in [2.05, 4.69) is 20.6 Å². The van der Waals surface area contributed by atoms with Crippen LogP contribution < -0.4 is 5.32 Å². The van der Waals surface area contributed by atoms with Gasteiger partial charge in [-0.3, -0.25) is 4.79 Å². The molecule has 0 radical (unpaired) electrons. The highest BCUT2D eigenvalue weighted by molar-refractivity contribution is 7.09. The van der Waals surface area contributed by atoms with Gasteiger partial charge in [0.15, 0.2) is 11.4 Å². The number of carbonyl (C=O) groups excluding carboxylic acids is 1. The number of benzene rings is 1. The first kappa shape index (κ1) is 16.8. The van der Waals surface area contributed by atoms with Crippen LogP contribution in [0.5, 0.6) is 0 Å². The molecule has 8 nitrogen and oxygen atoms in total. The van der Waals surface area contributed by atoms with Gasteiger partial charge in [-0.05, 0) is 18.6 Å². The standard InChI is InChI=1S/C16H15N5O3S/c1-2-12-14(19-20-21(12)10-6-4-3-5-7-10)15(22)17-8-13-18-11(9-25-13)16(23)24/h3-7,9H,2,8H2,1H3,(H,17,22)(H,23,24). The molecule has 2 heterocycles. The van der Waals surface area contributed by atoms with Crippen molar-refractivity contribution in [1.29, 1.82) is 0 Å². The Morgan fingerprint density at radius 1 is 1.28 bits per heavy atom. The van der Waals surface area contributed by atoms with E-state index < -0.39 is 5.97 Å². The smallest absolute Gasteiger partial charge is 0.355 e. The molecular weight excluding hydrogens is 342 g/mol. The molecule has 0 atom stereocenters. The molecule has 0 fully saturated rings. The average molecular weight is 357 g/mol. The lowest BCUT2D eigenvalue weighted by atomic mass is 10.2. The predicted molar refractivity (Wildman–Crippen MR) is 91.0 cm³/mol. The Bertz CT molecular complexity index is 904. The summed E-state index contributed by atoms with van der Waals surface area (Å²) < 4.78 is 1.64. The third-order valence-electron chi connectivity index (χ3n) is 3.48. The third kappa shape index (κ3) is 3.56. The number of amides is 1. The van der Waals surface area contributed by atoms with Gasteiger partial charge in [0.1, 0.15) is 5.01 Å². The van der Waals surface area contributed by atoms with Crippen LogP contribution in [-0.4, -0.2) is 37.0 Å². The Balaban J connectivity index is 1.76. The zero-order valence-corrected chi connectivity index (χ0v) is 14.2. The van der Waals surface area contributed by atoms with Gasteiger partial charge in [0, 0.05) is 5.38 Å². The molecule has 9 heteroatoms. The highest BCUT2D eigenvalue weighted by atomic mass is 32.1. The van der Waals surface area contributed by atoms with E-state index in [0.29, 0.717) is 17.1 Å². The number of aromatic carboxylic acids is 1. The molecule has 25 heavy (non-hydrogen) atoms. The van der Waals surface area contributed by atoms with Gasteiger partial charge in [-0.2, -0.15) is 0 Å². The first-order chi connectivity index (χ1) is 12.1. The summed E-state index contributed by atoms with van der Waals surface area (Å²) in [5, 5.41) is 21.6. The number of carboxylic acid groups (broad SMARTS) is 1. The van der Waals surface area contributed by atoms with Crippen molar-refractivity contribution in [1.82, 2.24) is 25.3 Å². The molecule has 0 unspecified atom stereocenters. The van der Waals surface area contributed by atoms with Gasteiger partial charge in [0.2, 0.25) is 0 Å². The number of aromatic nitrogens is 4. The highest BCUT2D eigenvalue weighted by Gasteiger charge is 2.19. The van der Waals surface area contributed by atoms with Crippen LogP contribution in [0, 0.1) is 0 Å². The zero-order valence-electron chi connectivity index (χ0n) is 13.3. The molecule has 1 aromatic carbocycles. The van der Waals surface area contributed by atoms with Gasteiger partial charge in [-0.25, -0.2) is 14.5 Å². The van der Waals surface area contributed by atoms with Crippen molar-refractivity contribution in [3.8, 4) is 5.69 Å². The minimum absolute atomic E-state index is 0.0291. The Kier molecular flexibility index (Phi) is 4.85. The summed E-state index contributed by atoms with van der Waals surface area (Å²) in [7, 11) is 0. The van der Waals surface area contributed by atoms with E-state index in [0.717, 1.165) is 5.69 Å². The molecule has 0 spiro atoms. The number of carboxylic acids is 1. The molecule has 0 aliphatic heterocycles. The van der Waals surface area contributed by atoms with E-state index >= 15 is 0 Å². The molecule has 128 valence electrons. The molecule has 0 saturated heterocycles. The van der Waals surface area contributed by atoms with Crippen molar-refractivity contribution >= 4 is 23.2 Å². The number of thiazole rings is 1. The largest absolute Gasteiger partial charge is 0.476 e. The fourth-order valence-electron chi connectivity index (χ4n) is 2.30. The third-order valence-corrected chi connectivity index (χ3v) is 4.33. The molecule has 3 rings (SSSR count). The van der Waals surface area contributed by atoms with Crippen LogP contribution in [0.1, 0.15) is 38.6 Å². The highest BCUT2D eigenvalue weighted by Crippen LogP contribution is 2.14. The van der Waals surface area contributed by atoms with Gasteiger partial charge in [0.25, 0.3) is 5.91 Å². The average Bonchev–Trinajstić information content (AvgIpc) is 3.27. The Morgan fingerprint density at radius 3 is 2.68 bits per heavy atom. The summed E-state index contributed by atoms with van der Waals surface area (Å²) in [5.74, 6) is -1.46. The molecule has 0 aliphatic rings. The fraction of sp³-hybridized carbons (Fsp3) is 0.188. The Labute approximate surface area is 147 Å². The summed E-state index contributed by atoms with van der Waals surface area (Å²) in [4.78, 5) is 27.2. The van der Waals surface area contributed by atoms with Crippen molar-refractivity contribution in [3.63, 3.8) is 0 Å². The van der Waals surface area contributed by atoms with Crippen LogP contribution in [-0.2, 0) is 13.0 Å². The number of nitrogens with one attached hydrogen (secondary N) is 1. The maximum Gasteiger partial charge on any atom is 0.355 e. The maximum atomic E-state index is 12.4. The number of nitrogens with zero attached hydrogens (tertiary/aromatic N) is 4. The lowest BCUT2D eigenvalue weighted by Crippen LogP contribution is -2.24. The van der Waals surface area contributed by atoms with Gasteiger partial charge in [0.05, 0.1) is 17.9 Å². The second kappa shape index (κ2) is 7.22. The van der Waals surface area contributed by atoms with E-state index in [4.69, 9.17) is 5.11 Å². The topological polar surface area (TPSA) is 110 Å². The van der Waals surface area contributed by atoms with Crippen molar-refractivity contribution in [2.45, 2.75) is 19.9 Å². The molecule has 2 aromatic heterocycles. The summed E-state index contributed by atoms with van der Waals surface area (Å²) >= 11 is 1.18. The minimum atomic E-state index is -1.09. The van der Waals surface area contributed by atoms with Crippen LogP contribution >= 0.6 is 11.3 Å². The molecule has 1 amide bonds. The second-order valence-corrected chi connectivity index (χ2v) is 6.04. The summed E-state index contributed by atoms with van der Waals surface area (Å²) in [6.45, 7) is 2.06. The number of hydrogen-bond donors (Lipinski definition) is 2. The number of hydrogen-bond acceptors (Lipinski definition) is 6. The molecule has 0 saturated carbocycles. The van der Waals surface area contributed by atoms with Crippen molar-refractivity contribution in [2.75, 3.05) is 0 Å². The number of para-hydroxylation sites is 1. The monoisotopic (exact) mass is 357 g/mol. The zero-order chi connectivity index (χ0) is 17.8. The maximum absolute atomic E-state index is 12.4. The first-order valence-corrected chi connectivity index (χ1v) is 8.44. The van der Waals surface area contributed by atoms with Crippen LogP contribution in [0.25, 0.3) is 5.69 Å². The lowest BCUT2D eigenvalue weighted by Gasteiger charge is -2.06. The SMILES string of the molecule is CCc1c(C(=O)NCc2nc(C(=O)O)cs2)nnn1-c1ccccc1. The number of rotatable bonds is 6. The quantitative estimate of drug-likeness (QED) is 0.697. The van der Waals surface area contributed by atoms with E-state index in [9.17, 15) is 9.59 Å². The first-order valence-electron chi connectivity index (χ1n) is 7.56. The Morgan fingerprint density at radius 2 is 2.04 bits per heavy atom. The minimum Gasteiger partial charge on any atom is -0.476 e. The van der Waals surface area contributed by atoms with Gasteiger partial charge < -0.3 is 10.4 Å². The molecule has 2 N–H and O–H groups in total. The predicted octanol–water partition coefficient (Wildman–Crippen LogP) is 1.91. The summed E-state index contributed by atoms with van der Waals surface area (Å²) in [5.41, 5.74) is 1.76. The Hall–Kier alpha value is -3.07. The van der Waals surface area contributed by atoms with Crippen molar-refractivity contribution in [2.24, 2.45) is 0 Å². The van der Waals surface area contributed by atoms with E-state index in [1.54, 1.807) is 4.68 Å². The van der Waals surface area contributed by atoms with E-state index in [1.807, 2.05) is 37.3 Å². The summed E-state index contributed by atoms with van der Waals surface area (Å²) in [6.07, 6.45) is 0.588. The van der Waals surface area contributed by atoms with Crippen LogP contribution in [0.3, 0.4) is 0 Å². The summed E-state index contributed by atoms with van der Waals surface area (Å²) in [6, 6.07) is 9.45. The van der Waals surface area contributed by atoms with Gasteiger partial charge >= 0.3 is 5.97 Å². The number of carbonyl (C=O) groups is 2. The van der Waals surface area contributed by atoms with Crippen molar-refractivity contribution < 1.29 is 14.7 Å².